The van der Waals surface area contributed by atoms with Crippen LogP contribution in [0.3, 0.4) is 0 Å². The summed E-state index contributed by atoms with van der Waals surface area (Å²) in [5, 5.41) is 0.753. The van der Waals surface area contributed by atoms with Crippen molar-refractivity contribution < 1.29 is 4.74 Å². The molecule has 4 heterocycles. The standard InChI is InChI=1S/C20H21ClN2O/c21-18-3-1-14(2-4-18)15-7-19(9-22-8-15)24-20-16-5-13-6-17(20)12-23(10-13)11-16/h1-4,7-9,13,16-17,20H,5-6,10-12H2. The van der Waals surface area contributed by atoms with E-state index in [0.29, 0.717) is 17.9 Å². The fourth-order valence-electron chi connectivity index (χ4n) is 5.00. The topological polar surface area (TPSA) is 25.4 Å². The Morgan fingerprint density at radius 3 is 2.42 bits per heavy atom. The van der Waals surface area contributed by atoms with E-state index in [1.54, 1.807) is 0 Å². The van der Waals surface area contributed by atoms with Gasteiger partial charge in [0.05, 0.1) is 6.20 Å². The molecule has 4 fully saturated rings. The van der Waals surface area contributed by atoms with Crippen LogP contribution in [0, 0.1) is 17.8 Å². The summed E-state index contributed by atoms with van der Waals surface area (Å²) in [5.41, 5.74) is 2.20. The minimum absolute atomic E-state index is 0.361. The molecule has 0 amide bonds. The molecule has 3 nitrogen and oxygen atoms in total. The van der Waals surface area contributed by atoms with E-state index in [-0.39, 0.29) is 0 Å². The van der Waals surface area contributed by atoms with Crippen LogP contribution in [0.25, 0.3) is 11.1 Å². The SMILES string of the molecule is Clc1ccc(-c2cncc(OC3C4CC5CC3CN(C5)C4)c2)cc1. The highest BCUT2D eigenvalue weighted by Gasteiger charge is 2.48. The summed E-state index contributed by atoms with van der Waals surface area (Å²) < 4.78 is 6.46. The number of pyridine rings is 1. The number of nitrogens with zero attached hydrogens (tertiary/aromatic N) is 2. The summed E-state index contributed by atoms with van der Waals surface area (Å²) in [5.74, 6) is 3.18. The first kappa shape index (κ1) is 14.7. The minimum Gasteiger partial charge on any atom is -0.488 e. The van der Waals surface area contributed by atoms with E-state index in [1.807, 2.05) is 36.7 Å². The van der Waals surface area contributed by atoms with E-state index in [9.17, 15) is 0 Å². The molecule has 4 aliphatic rings. The smallest absolute Gasteiger partial charge is 0.138 e. The maximum atomic E-state index is 6.46. The first-order chi connectivity index (χ1) is 11.7. The Morgan fingerprint density at radius 2 is 1.71 bits per heavy atom. The van der Waals surface area contributed by atoms with E-state index >= 15 is 0 Å². The van der Waals surface area contributed by atoms with Crippen LogP contribution in [0.4, 0.5) is 0 Å². The second-order valence-corrected chi connectivity index (χ2v) is 8.01. The minimum atomic E-state index is 0.361. The van der Waals surface area contributed by atoms with Gasteiger partial charge in [-0.1, -0.05) is 23.7 Å². The molecule has 3 saturated heterocycles. The predicted molar refractivity (Wildman–Crippen MR) is 95.2 cm³/mol. The van der Waals surface area contributed by atoms with Crippen molar-refractivity contribution in [2.75, 3.05) is 19.6 Å². The Kier molecular flexibility index (Phi) is 3.53. The maximum Gasteiger partial charge on any atom is 0.138 e. The van der Waals surface area contributed by atoms with Crippen molar-refractivity contribution in [1.29, 1.82) is 0 Å². The summed E-state index contributed by atoms with van der Waals surface area (Å²) in [7, 11) is 0. The molecule has 4 bridgehead atoms. The molecule has 0 spiro atoms. The molecule has 1 aliphatic carbocycles. The van der Waals surface area contributed by atoms with Gasteiger partial charge >= 0.3 is 0 Å². The van der Waals surface area contributed by atoms with E-state index in [4.69, 9.17) is 16.3 Å². The van der Waals surface area contributed by atoms with Gasteiger partial charge in [-0.25, -0.2) is 0 Å². The fraction of sp³-hybridized carbons (Fsp3) is 0.450. The summed E-state index contributed by atoms with van der Waals surface area (Å²) in [6.07, 6.45) is 6.77. The van der Waals surface area contributed by atoms with Crippen LogP contribution in [0.5, 0.6) is 5.75 Å². The van der Waals surface area contributed by atoms with Crippen molar-refractivity contribution in [3.05, 3.63) is 47.7 Å². The number of hydrogen-bond donors (Lipinski definition) is 0. The van der Waals surface area contributed by atoms with Crippen LogP contribution in [0.2, 0.25) is 5.02 Å². The lowest BCUT2D eigenvalue weighted by Crippen LogP contribution is -2.61. The number of piperidine rings is 3. The quantitative estimate of drug-likeness (QED) is 0.840. The van der Waals surface area contributed by atoms with Crippen LogP contribution in [-0.2, 0) is 0 Å². The van der Waals surface area contributed by atoms with Crippen molar-refractivity contribution in [2.24, 2.45) is 17.8 Å². The Morgan fingerprint density at radius 1 is 0.958 bits per heavy atom. The number of benzene rings is 1. The summed E-state index contributed by atoms with van der Waals surface area (Å²) in [6.45, 7) is 3.73. The predicted octanol–water partition coefficient (Wildman–Crippen LogP) is 4.12. The third-order valence-electron chi connectivity index (χ3n) is 5.87. The average Bonchev–Trinajstić information content (AvgIpc) is 2.58. The summed E-state index contributed by atoms with van der Waals surface area (Å²) in [6, 6.07) is 9.99. The third kappa shape index (κ3) is 2.60. The molecule has 24 heavy (non-hydrogen) atoms. The second-order valence-electron chi connectivity index (χ2n) is 7.57. The largest absolute Gasteiger partial charge is 0.488 e. The molecule has 2 aromatic rings. The van der Waals surface area contributed by atoms with Gasteiger partial charge in [-0.15, -0.1) is 0 Å². The normalized spacial score (nSPS) is 33.6. The van der Waals surface area contributed by atoms with Gasteiger partial charge < -0.3 is 9.64 Å². The van der Waals surface area contributed by atoms with E-state index in [1.165, 1.54) is 32.5 Å². The molecule has 2 atom stereocenters. The first-order valence-electron chi connectivity index (χ1n) is 8.84. The molecule has 1 saturated carbocycles. The molecule has 1 aromatic heterocycles. The highest BCUT2D eigenvalue weighted by atomic mass is 35.5. The molecule has 124 valence electrons. The van der Waals surface area contributed by atoms with Crippen molar-refractivity contribution in [3.63, 3.8) is 0 Å². The molecule has 2 unspecified atom stereocenters. The zero-order valence-electron chi connectivity index (χ0n) is 13.6. The number of rotatable bonds is 3. The lowest BCUT2D eigenvalue weighted by molar-refractivity contribution is -0.0985. The van der Waals surface area contributed by atoms with Gasteiger partial charge in [0.1, 0.15) is 11.9 Å². The summed E-state index contributed by atoms with van der Waals surface area (Å²) >= 11 is 5.98. The van der Waals surface area contributed by atoms with Crippen LogP contribution in [-0.4, -0.2) is 35.6 Å². The first-order valence-corrected chi connectivity index (χ1v) is 9.22. The lowest BCUT2D eigenvalue weighted by atomic mass is 9.66. The highest BCUT2D eigenvalue weighted by molar-refractivity contribution is 6.30. The molecule has 1 aromatic carbocycles. The molecular weight excluding hydrogens is 320 g/mol. The zero-order valence-corrected chi connectivity index (χ0v) is 14.3. The fourth-order valence-corrected chi connectivity index (χ4v) is 5.12. The van der Waals surface area contributed by atoms with Crippen molar-refractivity contribution in [3.8, 4) is 16.9 Å². The van der Waals surface area contributed by atoms with Crippen LogP contribution in [0.15, 0.2) is 42.7 Å². The van der Waals surface area contributed by atoms with E-state index < -0.39 is 0 Å². The Bertz CT molecular complexity index is 718. The highest BCUT2D eigenvalue weighted by Crippen LogP contribution is 2.45. The Labute approximate surface area is 147 Å². The van der Waals surface area contributed by atoms with Gasteiger partial charge in [0.2, 0.25) is 0 Å². The van der Waals surface area contributed by atoms with Gasteiger partial charge in [-0.05, 0) is 42.5 Å². The van der Waals surface area contributed by atoms with Gasteiger partial charge in [-0.3, -0.25) is 4.98 Å². The number of aromatic nitrogens is 1. The van der Waals surface area contributed by atoms with Crippen LogP contribution >= 0.6 is 11.6 Å². The van der Waals surface area contributed by atoms with Gasteiger partial charge in [0, 0.05) is 48.3 Å². The molecular formula is C20H21ClN2O. The average molecular weight is 341 g/mol. The van der Waals surface area contributed by atoms with Crippen molar-refractivity contribution in [2.45, 2.75) is 18.9 Å². The number of ether oxygens (including phenoxy) is 1. The Hall–Kier alpha value is -1.58. The van der Waals surface area contributed by atoms with E-state index in [2.05, 4.69) is 16.0 Å². The van der Waals surface area contributed by atoms with Crippen molar-refractivity contribution >= 4 is 11.6 Å². The van der Waals surface area contributed by atoms with Gasteiger partial charge in [0.25, 0.3) is 0 Å². The Balaban J connectivity index is 1.38. The molecule has 3 aliphatic heterocycles. The molecule has 4 heteroatoms. The second kappa shape index (κ2) is 5.75. The maximum absolute atomic E-state index is 6.46. The monoisotopic (exact) mass is 340 g/mol. The molecule has 0 radical (unpaired) electrons. The van der Waals surface area contributed by atoms with Gasteiger partial charge in [-0.2, -0.15) is 0 Å². The lowest BCUT2D eigenvalue weighted by Gasteiger charge is -2.55. The molecule has 0 N–H and O–H groups in total. The number of hydrogen-bond acceptors (Lipinski definition) is 3. The number of halogens is 1. The zero-order chi connectivity index (χ0) is 16.1. The van der Waals surface area contributed by atoms with Crippen LogP contribution in [0.1, 0.15) is 12.8 Å². The van der Waals surface area contributed by atoms with Crippen molar-refractivity contribution in [1.82, 2.24) is 9.88 Å². The third-order valence-corrected chi connectivity index (χ3v) is 6.12. The van der Waals surface area contributed by atoms with Crippen LogP contribution < -0.4 is 4.74 Å². The molecule has 6 rings (SSSR count). The van der Waals surface area contributed by atoms with Gasteiger partial charge in [0.15, 0.2) is 0 Å². The van der Waals surface area contributed by atoms with E-state index in [0.717, 1.165) is 27.8 Å². The summed E-state index contributed by atoms with van der Waals surface area (Å²) in [4.78, 5) is 7.03.